The maximum absolute atomic E-state index is 11.5. The fourth-order valence-electron chi connectivity index (χ4n) is 1.02. The van der Waals surface area contributed by atoms with E-state index in [0.717, 1.165) is 12.8 Å². The lowest BCUT2D eigenvalue weighted by atomic mass is 9.84. The van der Waals surface area contributed by atoms with Gasteiger partial charge in [0.25, 0.3) is 0 Å². The van der Waals surface area contributed by atoms with E-state index in [2.05, 4.69) is 6.07 Å². The Bertz CT molecular complexity index is 137. The Morgan fingerprint density at radius 2 is 2.30 bits per heavy atom. The van der Waals surface area contributed by atoms with Gasteiger partial charge in [0.15, 0.2) is 0 Å². The van der Waals surface area contributed by atoms with Gasteiger partial charge in [0.05, 0.1) is 24.7 Å². The minimum absolute atomic E-state index is 0.153. The Kier molecular flexibility index (Phi) is 2.64. The second kappa shape index (κ2) is 3.52. The Labute approximate surface area is 59.6 Å². The lowest BCUT2D eigenvalue weighted by molar-refractivity contribution is -0.0210. The second-order valence-corrected chi connectivity index (χ2v) is 2.48. The van der Waals surface area contributed by atoms with Crippen molar-refractivity contribution < 1.29 is 9.13 Å². The van der Waals surface area contributed by atoms with E-state index in [1.807, 2.05) is 0 Å². The molecule has 0 aromatic rings. The average Bonchev–Trinajstić information content (AvgIpc) is 1.86. The van der Waals surface area contributed by atoms with Crippen molar-refractivity contribution in [1.82, 2.24) is 0 Å². The maximum atomic E-state index is 11.5. The van der Waals surface area contributed by atoms with Gasteiger partial charge in [-0.15, -0.1) is 0 Å². The molecule has 0 heterocycles. The molecular formula is C7H10FNO. The Balaban J connectivity index is 1.99. The van der Waals surface area contributed by atoms with Crippen molar-refractivity contribution in [2.75, 3.05) is 13.3 Å². The highest BCUT2D eigenvalue weighted by molar-refractivity contribution is 4.94. The van der Waals surface area contributed by atoms with Crippen molar-refractivity contribution in [2.45, 2.75) is 18.9 Å². The van der Waals surface area contributed by atoms with Crippen molar-refractivity contribution in [3.63, 3.8) is 0 Å². The molecule has 10 heavy (non-hydrogen) atoms. The summed E-state index contributed by atoms with van der Waals surface area (Å²) in [7, 11) is 0. The van der Waals surface area contributed by atoms with Crippen LogP contribution in [0.4, 0.5) is 4.39 Å². The van der Waals surface area contributed by atoms with E-state index < -0.39 is 6.67 Å². The molecule has 1 aliphatic rings. The summed E-state index contributed by atoms with van der Waals surface area (Å²) in [6.45, 7) is -0.240. The van der Waals surface area contributed by atoms with Gasteiger partial charge in [-0.2, -0.15) is 5.26 Å². The molecule has 1 aliphatic carbocycles. The van der Waals surface area contributed by atoms with Gasteiger partial charge in [0.1, 0.15) is 6.67 Å². The van der Waals surface area contributed by atoms with Crippen molar-refractivity contribution in [3.8, 4) is 6.07 Å². The van der Waals surface area contributed by atoms with Gasteiger partial charge in [0, 0.05) is 0 Å². The molecule has 0 N–H and O–H groups in total. The van der Waals surface area contributed by atoms with Gasteiger partial charge >= 0.3 is 0 Å². The first kappa shape index (κ1) is 7.49. The molecule has 3 heteroatoms. The smallest absolute Gasteiger partial charge is 0.113 e. The van der Waals surface area contributed by atoms with Gasteiger partial charge < -0.3 is 4.74 Å². The largest absolute Gasteiger partial charge is 0.375 e. The van der Waals surface area contributed by atoms with Gasteiger partial charge in [-0.3, -0.25) is 0 Å². The summed E-state index contributed by atoms with van der Waals surface area (Å²) in [6.07, 6.45) is 1.73. The molecule has 0 saturated heterocycles. The van der Waals surface area contributed by atoms with E-state index >= 15 is 0 Å². The summed E-state index contributed by atoms with van der Waals surface area (Å²) in [5, 5.41) is 8.35. The number of ether oxygens (including phenoxy) is 1. The van der Waals surface area contributed by atoms with E-state index in [1.54, 1.807) is 0 Å². The molecule has 0 bridgehead atoms. The highest BCUT2D eigenvalue weighted by Gasteiger charge is 2.29. The van der Waals surface area contributed by atoms with Crippen molar-refractivity contribution in [2.24, 2.45) is 5.92 Å². The zero-order valence-electron chi connectivity index (χ0n) is 5.72. The van der Waals surface area contributed by atoms with Crippen LogP contribution in [0.1, 0.15) is 12.8 Å². The normalized spacial score (nSPS) is 30.8. The number of rotatable bonds is 3. The topological polar surface area (TPSA) is 33.0 Å². The fourth-order valence-corrected chi connectivity index (χ4v) is 1.02. The maximum Gasteiger partial charge on any atom is 0.113 e. The van der Waals surface area contributed by atoms with E-state index in [1.165, 1.54) is 0 Å². The van der Waals surface area contributed by atoms with Gasteiger partial charge in [-0.25, -0.2) is 4.39 Å². The summed E-state index contributed by atoms with van der Waals surface area (Å²) in [5.41, 5.74) is 0. The molecule has 0 radical (unpaired) electrons. The Morgan fingerprint density at radius 1 is 1.60 bits per heavy atom. The van der Waals surface area contributed by atoms with E-state index in [0.29, 0.717) is 0 Å². The lowest BCUT2D eigenvalue weighted by Gasteiger charge is -2.29. The number of nitriles is 1. The van der Waals surface area contributed by atoms with Gasteiger partial charge in [-0.05, 0) is 12.8 Å². The number of halogens is 1. The van der Waals surface area contributed by atoms with E-state index in [9.17, 15) is 4.39 Å². The van der Waals surface area contributed by atoms with Crippen LogP contribution in [-0.2, 0) is 4.74 Å². The first-order chi connectivity index (χ1) is 4.86. The number of nitrogens with zero attached hydrogens (tertiary/aromatic N) is 1. The Morgan fingerprint density at radius 3 is 2.80 bits per heavy atom. The highest BCUT2D eigenvalue weighted by atomic mass is 19.1. The zero-order chi connectivity index (χ0) is 7.40. The molecule has 0 amide bonds. The first-order valence-corrected chi connectivity index (χ1v) is 3.44. The van der Waals surface area contributed by atoms with Crippen molar-refractivity contribution in [1.29, 1.82) is 5.26 Å². The lowest BCUT2D eigenvalue weighted by Crippen LogP contribution is -2.30. The van der Waals surface area contributed by atoms with Crippen LogP contribution in [0.2, 0.25) is 0 Å². The third kappa shape index (κ3) is 1.68. The number of alkyl halides is 1. The molecule has 0 atom stereocenters. The summed E-state index contributed by atoms with van der Waals surface area (Å²) in [4.78, 5) is 0. The predicted octanol–water partition coefficient (Wildman–Crippen LogP) is 1.27. The number of hydrogen-bond acceptors (Lipinski definition) is 2. The summed E-state index contributed by atoms with van der Waals surface area (Å²) in [5.74, 6) is 0.157. The van der Waals surface area contributed by atoms with Crippen LogP contribution in [0.3, 0.4) is 0 Å². The van der Waals surface area contributed by atoms with Crippen LogP contribution in [0, 0.1) is 17.2 Å². The van der Waals surface area contributed by atoms with Crippen LogP contribution >= 0.6 is 0 Å². The van der Waals surface area contributed by atoms with Crippen LogP contribution in [-0.4, -0.2) is 19.4 Å². The summed E-state index contributed by atoms with van der Waals surface area (Å²) >= 11 is 0. The first-order valence-electron chi connectivity index (χ1n) is 3.44. The molecule has 0 aromatic carbocycles. The standard InChI is InChI=1S/C7H10FNO/c8-1-2-10-7-3-6(4-7)5-9/h6-7H,1-4H2. The molecule has 0 aliphatic heterocycles. The summed E-state index contributed by atoms with van der Waals surface area (Å²) in [6, 6.07) is 2.13. The molecule has 2 nitrogen and oxygen atoms in total. The molecule has 0 aromatic heterocycles. The average molecular weight is 143 g/mol. The number of hydrogen-bond donors (Lipinski definition) is 0. The van der Waals surface area contributed by atoms with Crippen LogP contribution < -0.4 is 0 Å². The third-order valence-corrected chi connectivity index (χ3v) is 1.71. The van der Waals surface area contributed by atoms with Crippen LogP contribution in [0.5, 0.6) is 0 Å². The van der Waals surface area contributed by atoms with Crippen LogP contribution in [0.25, 0.3) is 0 Å². The van der Waals surface area contributed by atoms with E-state index in [-0.39, 0.29) is 18.6 Å². The van der Waals surface area contributed by atoms with Gasteiger partial charge in [-0.1, -0.05) is 0 Å². The molecular weight excluding hydrogens is 133 g/mol. The zero-order valence-corrected chi connectivity index (χ0v) is 5.72. The van der Waals surface area contributed by atoms with Gasteiger partial charge in [0.2, 0.25) is 0 Å². The summed E-state index contributed by atoms with van der Waals surface area (Å²) < 4.78 is 16.5. The quantitative estimate of drug-likeness (QED) is 0.596. The molecule has 0 spiro atoms. The SMILES string of the molecule is N#CC1CC(OCCF)C1. The minimum atomic E-state index is -0.423. The fraction of sp³-hybridized carbons (Fsp3) is 0.857. The minimum Gasteiger partial charge on any atom is -0.375 e. The molecule has 1 rings (SSSR count). The monoisotopic (exact) mass is 143 g/mol. The van der Waals surface area contributed by atoms with Crippen LogP contribution in [0.15, 0.2) is 0 Å². The van der Waals surface area contributed by atoms with Crippen molar-refractivity contribution >= 4 is 0 Å². The molecule has 0 unspecified atom stereocenters. The molecule has 1 saturated carbocycles. The Hall–Kier alpha value is -0.620. The second-order valence-electron chi connectivity index (χ2n) is 2.48. The molecule has 1 fully saturated rings. The molecule has 56 valence electrons. The van der Waals surface area contributed by atoms with Crippen molar-refractivity contribution in [3.05, 3.63) is 0 Å². The highest BCUT2D eigenvalue weighted by Crippen LogP contribution is 2.28. The van der Waals surface area contributed by atoms with E-state index in [4.69, 9.17) is 10.00 Å². The third-order valence-electron chi connectivity index (χ3n) is 1.71. The predicted molar refractivity (Wildman–Crippen MR) is 34.1 cm³/mol.